The summed E-state index contributed by atoms with van der Waals surface area (Å²) in [5.41, 5.74) is 0.206. The Morgan fingerprint density at radius 1 is 1.29 bits per heavy atom. The summed E-state index contributed by atoms with van der Waals surface area (Å²) >= 11 is 0. The van der Waals surface area contributed by atoms with Crippen LogP contribution >= 0.6 is 0 Å². The van der Waals surface area contributed by atoms with Crippen molar-refractivity contribution in [2.45, 2.75) is 52.9 Å². The summed E-state index contributed by atoms with van der Waals surface area (Å²) in [6.07, 6.45) is 4.87. The van der Waals surface area contributed by atoms with Gasteiger partial charge in [-0.25, -0.2) is 4.79 Å². The van der Waals surface area contributed by atoms with Crippen molar-refractivity contribution in [2.75, 3.05) is 0 Å². The fourth-order valence-electron chi connectivity index (χ4n) is 1.92. The Labute approximate surface area is 87.0 Å². The molecule has 0 radical (unpaired) electrons. The number of hydrogen-bond acceptors (Lipinski definition) is 1. The van der Waals surface area contributed by atoms with E-state index >= 15 is 0 Å². The van der Waals surface area contributed by atoms with Crippen molar-refractivity contribution in [3.8, 4) is 0 Å². The molecule has 0 bridgehead atoms. The van der Waals surface area contributed by atoms with Crippen molar-refractivity contribution in [3.63, 3.8) is 0 Å². The van der Waals surface area contributed by atoms with Crippen LogP contribution in [0.2, 0.25) is 0 Å². The molecule has 0 aromatic rings. The molecule has 0 rings (SSSR count). The van der Waals surface area contributed by atoms with E-state index < -0.39 is 5.97 Å². The molecule has 0 spiro atoms. The number of carboxylic acid groups (broad SMARTS) is 1. The Balaban J connectivity index is 4.68. The monoisotopic (exact) mass is 198 g/mol. The maximum Gasteiger partial charge on any atom is 0.331 e. The number of hydrogen-bond donors (Lipinski definition) is 1. The minimum absolute atomic E-state index is 0.179. The molecule has 0 aliphatic heterocycles. The molecule has 82 valence electrons. The van der Waals surface area contributed by atoms with Gasteiger partial charge in [-0.3, -0.25) is 0 Å². The van der Waals surface area contributed by atoms with Crippen LogP contribution in [0.5, 0.6) is 0 Å². The van der Waals surface area contributed by atoms with Crippen molar-refractivity contribution >= 4 is 5.97 Å². The van der Waals surface area contributed by atoms with Crippen molar-refractivity contribution in [1.29, 1.82) is 0 Å². The molecule has 0 fully saturated rings. The minimum atomic E-state index is -0.843. The second-order valence-electron chi connectivity index (χ2n) is 3.87. The smallest absolute Gasteiger partial charge is 0.331 e. The average molecular weight is 198 g/mol. The highest BCUT2D eigenvalue weighted by Gasteiger charge is 2.32. The first-order valence-corrected chi connectivity index (χ1v) is 5.46. The zero-order valence-corrected chi connectivity index (χ0v) is 9.60. The summed E-state index contributed by atoms with van der Waals surface area (Å²) in [7, 11) is 0. The third-order valence-electron chi connectivity index (χ3n) is 3.26. The van der Waals surface area contributed by atoms with E-state index in [9.17, 15) is 4.79 Å². The van der Waals surface area contributed by atoms with Crippen LogP contribution in [0.3, 0.4) is 0 Å². The SMILES string of the molecule is C=C(C(=O)O)C(CC)(CC)CCCC. The van der Waals surface area contributed by atoms with Crippen LogP contribution in [0.1, 0.15) is 52.9 Å². The minimum Gasteiger partial charge on any atom is -0.478 e. The van der Waals surface area contributed by atoms with Gasteiger partial charge in [0.1, 0.15) is 0 Å². The molecule has 14 heavy (non-hydrogen) atoms. The molecule has 2 heteroatoms. The quantitative estimate of drug-likeness (QED) is 0.634. The average Bonchev–Trinajstić information content (AvgIpc) is 2.19. The van der Waals surface area contributed by atoms with Crippen LogP contribution < -0.4 is 0 Å². The first-order chi connectivity index (χ1) is 6.54. The van der Waals surface area contributed by atoms with E-state index in [-0.39, 0.29) is 5.41 Å². The lowest BCUT2D eigenvalue weighted by Crippen LogP contribution is -2.26. The number of aliphatic carboxylic acids is 1. The summed E-state index contributed by atoms with van der Waals surface area (Å²) in [4.78, 5) is 10.9. The maximum atomic E-state index is 10.9. The Morgan fingerprint density at radius 3 is 2.07 bits per heavy atom. The van der Waals surface area contributed by atoms with Gasteiger partial charge in [0.05, 0.1) is 0 Å². The van der Waals surface area contributed by atoms with Crippen LogP contribution in [0.4, 0.5) is 0 Å². The van der Waals surface area contributed by atoms with Crippen LogP contribution in [-0.4, -0.2) is 11.1 Å². The van der Waals surface area contributed by atoms with E-state index in [1.54, 1.807) is 0 Å². The molecule has 2 nitrogen and oxygen atoms in total. The molecular weight excluding hydrogens is 176 g/mol. The number of carboxylic acids is 1. The van der Waals surface area contributed by atoms with E-state index in [1.165, 1.54) is 0 Å². The fourth-order valence-corrected chi connectivity index (χ4v) is 1.92. The molecule has 0 saturated carbocycles. The highest BCUT2D eigenvalue weighted by Crippen LogP contribution is 2.39. The molecule has 0 aliphatic carbocycles. The van der Waals surface area contributed by atoms with E-state index in [0.29, 0.717) is 5.57 Å². The maximum absolute atomic E-state index is 10.9. The van der Waals surface area contributed by atoms with Crippen molar-refractivity contribution in [2.24, 2.45) is 5.41 Å². The van der Waals surface area contributed by atoms with Crippen molar-refractivity contribution < 1.29 is 9.90 Å². The van der Waals surface area contributed by atoms with Gasteiger partial charge in [-0.05, 0) is 19.3 Å². The van der Waals surface area contributed by atoms with Crippen LogP contribution in [-0.2, 0) is 4.79 Å². The van der Waals surface area contributed by atoms with E-state index in [2.05, 4.69) is 13.5 Å². The topological polar surface area (TPSA) is 37.3 Å². The lowest BCUT2D eigenvalue weighted by molar-refractivity contribution is -0.134. The fraction of sp³-hybridized carbons (Fsp3) is 0.750. The summed E-state index contributed by atoms with van der Waals surface area (Å²) in [5, 5.41) is 8.98. The normalized spacial score (nSPS) is 11.4. The standard InChI is InChI=1S/C12H22O2/c1-5-8-9-12(6-2,7-3)10(4)11(13)14/h4-9H2,1-3H3,(H,13,14). The summed E-state index contributed by atoms with van der Waals surface area (Å²) < 4.78 is 0. The van der Waals surface area contributed by atoms with Gasteiger partial charge in [0.15, 0.2) is 0 Å². The van der Waals surface area contributed by atoms with Gasteiger partial charge in [0.2, 0.25) is 0 Å². The highest BCUT2D eigenvalue weighted by atomic mass is 16.4. The van der Waals surface area contributed by atoms with Crippen LogP contribution in [0.15, 0.2) is 12.2 Å². The van der Waals surface area contributed by atoms with Gasteiger partial charge in [0, 0.05) is 11.0 Å². The third-order valence-corrected chi connectivity index (χ3v) is 3.26. The molecule has 0 unspecified atom stereocenters. The van der Waals surface area contributed by atoms with Gasteiger partial charge < -0.3 is 5.11 Å². The number of carbonyl (C=O) groups is 1. The van der Waals surface area contributed by atoms with E-state index in [1.807, 2.05) is 13.8 Å². The van der Waals surface area contributed by atoms with Gasteiger partial charge in [-0.15, -0.1) is 0 Å². The summed E-state index contributed by atoms with van der Waals surface area (Å²) in [5.74, 6) is -0.843. The Morgan fingerprint density at radius 2 is 1.79 bits per heavy atom. The second-order valence-corrected chi connectivity index (χ2v) is 3.87. The van der Waals surface area contributed by atoms with E-state index in [0.717, 1.165) is 32.1 Å². The third kappa shape index (κ3) is 2.86. The zero-order chi connectivity index (χ0) is 11.2. The molecule has 1 N–H and O–H groups in total. The molecule has 0 amide bonds. The highest BCUT2D eigenvalue weighted by molar-refractivity contribution is 5.87. The summed E-state index contributed by atoms with van der Waals surface area (Å²) in [6, 6.07) is 0. The molecular formula is C12H22O2. The lowest BCUT2D eigenvalue weighted by Gasteiger charge is -2.31. The number of unbranched alkanes of at least 4 members (excludes halogenated alkanes) is 1. The van der Waals surface area contributed by atoms with Crippen molar-refractivity contribution in [1.82, 2.24) is 0 Å². The number of rotatable bonds is 7. The predicted octanol–water partition coefficient (Wildman–Crippen LogP) is 3.62. The molecule has 0 heterocycles. The molecule has 0 atom stereocenters. The van der Waals surface area contributed by atoms with Crippen LogP contribution in [0.25, 0.3) is 0 Å². The molecule has 0 aliphatic rings. The second kappa shape index (κ2) is 5.84. The first-order valence-electron chi connectivity index (χ1n) is 5.46. The van der Waals surface area contributed by atoms with Gasteiger partial charge in [-0.2, -0.15) is 0 Å². The van der Waals surface area contributed by atoms with Crippen LogP contribution in [0, 0.1) is 5.41 Å². The molecule has 0 aromatic carbocycles. The largest absolute Gasteiger partial charge is 0.478 e. The molecule has 0 aromatic heterocycles. The Kier molecular flexibility index (Phi) is 5.51. The van der Waals surface area contributed by atoms with Crippen molar-refractivity contribution in [3.05, 3.63) is 12.2 Å². The first kappa shape index (κ1) is 13.2. The Bertz CT molecular complexity index is 202. The lowest BCUT2D eigenvalue weighted by atomic mass is 9.72. The predicted molar refractivity (Wildman–Crippen MR) is 59.3 cm³/mol. The molecule has 0 saturated heterocycles. The van der Waals surface area contributed by atoms with Gasteiger partial charge in [0.25, 0.3) is 0 Å². The van der Waals surface area contributed by atoms with Gasteiger partial charge >= 0.3 is 5.97 Å². The van der Waals surface area contributed by atoms with Gasteiger partial charge in [-0.1, -0.05) is 40.2 Å². The van der Waals surface area contributed by atoms with E-state index in [4.69, 9.17) is 5.11 Å². The summed E-state index contributed by atoms with van der Waals surface area (Å²) in [6.45, 7) is 9.94. The Hall–Kier alpha value is -0.790. The zero-order valence-electron chi connectivity index (χ0n) is 9.60.